The van der Waals surface area contributed by atoms with E-state index in [2.05, 4.69) is 28.6 Å². The second-order valence-electron chi connectivity index (χ2n) is 6.72. The lowest BCUT2D eigenvalue weighted by Crippen LogP contribution is -2.43. The number of hydrazone groups is 1. The minimum atomic E-state index is -0.209. The molecule has 1 fully saturated rings. The molecule has 1 aliphatic heterocycles. The molecule has 0 radical (unpaired) electrons. The number of nitrogens with one attached hydrogen (secondary N) is 1. The molecule has 0 unspecified atom stereocenters. The quantitative estimate of drug-likeness (QED) is 0.451. The smallest absolute Gasteiger partial charge is 0.268 e. The van der Waals surface area contributed by atoms with E-state index in [4.69, 9.17) is 0 Å². The van der Waals surface area contributed by atoms with Gasteiger partial charge in [0.1, 0.15) is 11.4 Å². The Bertz CT molecular complexity index is 894. The van der Waals surface area contributed by atoms with Crippen LogP contribution in [-0.4, -0.2) is 40.5 Å². The van der Waals surface area contributed by atoms with Gasteiger partial charge in [-0.25, -0.2) is 0 Å². The van der Waals surface area contributed by atoms with Crippen molar-refractivity contribution in [3.05, 3.63) is 65.5 Å². The first kappa shape index (κ1) is 21.2. The van der Waals surface area contributed by atoms with E-state index in [1.54, 1.807) is 17.3 Å². The van der Waals surface area contributed by atoms with Gasteiger partial charge < -0.3 is 10.4 Å². The largest absolute Gasteiger partial charge is 0.507 e. The number of amides is 1. The molecule has 0 spiro atoms. The van der Waals surface area contributed by atoms with Gasteiger partial charge in [0.25, 0.3) is 5.91 Å². The number of allylic oxidation sites excluding steroid dienone is 2. The number of nitrogens with zero attached hydrogens (tertiary/aromatic N) is 3. The second kappa shape index (κ2) is 9.17. The van der Waals surface area contributed by atoms with Crippen LogP contribution in [0.5, 0.6) is 5.75 Å². The number of benzene rings is 1. The number of phenolic OH excluding ortho intramolecular Hbond substituents is 1. The van der Waals surface area contributed by atoms with Crippen LogP contribution in [0.4, 0.5) is 0 Å². The fraction of sp³-hybridized carbons (Fsp3) is 0.318. The Balaban J connectivity index is 2.11. The van der Waals surface area contributed by atoms with Crippen LogP contribution < -0.4 is 5.32 Å². The number of hydrogen-bond donors (Lipinski definition) is 2. The predicted molar refractivity (Wildman–Crippen MR) is 115 cm³/mol. The van der Waals surface area contributed by atoms with E-state index in [1.807, 2.05) is 39.8 Å². The summed E-state index contributed by atoms with van der Waals surface area (Å²) >= 11 is 0. The van der Waals surface area contributed by atoms with Crippen molar-refractivity contribution in [3.8, 4) is 5.75 Å². The van der Waals surface area contributed by atoms with Crippen molar-refractivity contribution in [2.75, 3.05) is 13.1 Å². The van der Waals surface area contributed by atoms with Crippen LogP contribution in [0.25, 0.3) is 0 Å². The fourth-order valence-corrected chi connectivity index (χ4v) is 2.75. The van der Waals surface area contributed by atoms with E-state index in [-0.39, 0.29) is 5.91 Å². The molecule has 0 saturated carbocycles. The molecule has 0 bridgehead atoms. The highest BCUT2D eigenvalue weighted by Gasteiger charge is 2.19. The molecule has 0 aliphatic carbocycles. The Morgan fingerprint density at radius 3 is 2.79 bits per heavy atom. The van der Waals surface area contributed by atoms with Gasteiger partial charge in [0.05, 0.1) is 12.3 Å². The highest BCUT2D eigenvalue weighted by atomic mass is 16.3. The summed E-state index contributed by atoms with van der Waals surface area (Å²) in [7, 11) is 0. The number of hydrogen-bond acceptors (Lipinski definition) is 5. The van der Waals surface area contributed by atoms with Crippen LogP contribution in [0.3, 0.4) is 0 Å². The van der Waals surface area contributed by atoms with Crippen LogP contribution in [0, 0.1) is 6.92 Å². The van der Waals surface area contributed by atoms with E-state index >= 15 is 0 Å². The monoisotopic (exact) mass is 380 g/mol. The third-order valence-corrected chi connectivity index (χ3v) is 4.64. The first-order valence-electron chi connectivity index (χ1n) is 9.27. The molecule has 1 heterocycles. The summed E-state index contributed by atoms with van der Waals surface area (Å²) in [6.07, 6.45) is 4.22. The Labute approximate surface area is 166 Å². The van der Waals surface area contributed by atoms with Crippen LogP contribution in [0.2, 0.25) is 0 Å². The summed E-state index contributed by atoms with van der Waals surface area (Å²) in [5.41, 5.74) is 5.28. The highest BCUT2D eigenvalue weighted by Crippen LogP contribution is 2.24. The lowest BCUT2D eigenvalue weighted by atomic mass is 10.0. The lowest BCUT2D eigenvalue weighted by molar-refractivity contribution is -0.120. The van der Waals surface area contributed by atoms with Gasteiger partial charge in [-0.1, -0.05) is 20.1 Å². The topological polar surface area (TPSA) is 77.3 Å². The molecule has 2 rings (SSSR count). The van der Waals surface area contributed by atoms with Gasteiger partial charge in [-0.3, -0.25) is 14.8 Å². The van der Waals surface area contributed by atoms with Crippen molar-refractivity contribution in [3.63, 3.8) is 0 Å². The molecule has 2 N–H and O–H groups in total. The highest BCUT2D eigenvalue weighted by molar-refractivity contribution is 6.01. The molecule has 0 atom stereocenters. The van der Waals surface area contributed by atoms with E-state index in [0.717, 1.165) is 28.8 Å². The fourth-order valence-electron chi connectivity index (χ4n) is 2.75. The molecule has 1 aromatic carbocycles. The van der Waals surface area contributed by atoms with Crippen molar-refractivity contribution < 1.29 is 9.90 Å². The number of piperazine rings is 1. The summed E-state index contributed by atoms with van der Waals surface area (Å²) < 4.78 is 0. The van der Waals surface area contributed by atoms with Gasteiger partial charge in [0.2, 0.25) is 0 Å². The van der Waals surface area contributed by atoms with Gasteiger partial charge >= 0.3 is 0 Å². The number of aromatic hydroxyl groups is 1. The third kappa shape index (κ3) is 4.97. The van der Waals surface area contributed by atoms with Crippen molar-refractivity contribution >= 4 is 17.3 Å². The summed E-state index contributed by atoms with van der Waals surface area (Å²) in [6, 6.07) is 3.89. The summed E-state index contributed by atoms with van der Waals surface area (Å²) in [6.45, 7) is 16.5. The average Bonchev–Trinajstić information content (AvgIpc) is 2.67. The first-order valence-corrected chi connectivity index (χ1v) is 9.27. The average molecular weight is 380 g/mol. The molecule has 0 aromatic heterocycles. The van der Waals surface area contributed by atoms with Crippen LogP contribution in [0.1, 0.15) is 37.5 Å². The summed E-state index contributed by atoms with van der Waals surface area (Å²) in [5.74, 6) is 0.141. The molecule has 1 aliphatic rings. The summed E-state index contributed by atoms with van der Waals surface area (Å²) in [5, 5.41) is 18.8. The zero-order valence-corrected chi connectivity index (χ0v) is 17.0. The zero-order valence-electron chi connectivity index (χ0n) is 17.0. The zero-order chi connectivity index (χ0) is 20.8. The Morgan fingerprint density at radius 1 is 1.39 bits per heavy atom. The van der Waals surface area contributed by atoms with Gasteiger partial charge in [-0.15, -0.1) is 0 Å². The van der Waals surface area contributed by atoms with Crippen molar-refractivity contribution in [2.24, 2.45) is 10.1 Å². The maximum Gasteiger partial charge on any atom is 0.268 e. The Kier molecular flexibility index (Phi) is 6.93. The number of carbonyl (C=O) groups excluding carboxylic acids is 1. The Morgan fingerprint density at radius 2 is 2.11 bits per heavy atom. The normalized spacial score (nSPS) is 15.9. The Hall–Kier alpha value is -3.15. The molecule has 6 heteroatoms. The first-order chi connectivity index (χ1) is 13.2. The van der Waals surface area contributed by atoms with Crippen LogP contribution in [-0.2, 0) is 11.2 Å². The predicted octanol–water partition coefficient (Wildman–Crippen LogP) is 3.46. The van der Waals surface area contributed by atoms with Crippen molar-refractivity contribution in [1.29, 1.82) is 0 Å². The van der Waals surface area contributed by atoms with Gasteiger partial charge in [0, 0.05) is 18.5 Å². The number of aryl methyl sites for hydroxylation is 2. The molecule has 1 amide bonds. The maximum absolute atomic E-state index is 11.6. The SMILES string of the molecule is C=C(/C=C\N=C(C)c1cc(C)c(O)c(CC)c1)/C(C)=N/N1CCNC(=O)C1=C. The standard InChI is InChI=1S/C22H28N4O2/c1-7-19-13-20(12-15(3)21(19)27)17(5)23-9-8-14(2)16(4)25-26-11-10-24-22(28)18(26)6/h8-9,12-13,27H,2,6-7,10-11H2,1,3-5H3,(H,24,28)/b9-8-,23-17?,25-16+. The number of rotatable bonds is 6. The number of carbonyl (C=O) groups is 1. The van der Waals surface area contributed by atoms with Crippen molar-refractivity contribution in [1.82, 2.24) is 10.3 Å². The van der Waals surface area contributed by atoms with E-state index < -0.39 is 0 Å². The molecular formula is C22H28N4O2. The van der Waals surface area contributed by atoms with Crippen molar-refractivity contribution in [2.45, 2.75) is 34.1 Å². The number of phenols is 1. The molecular weight excluding hydrogens is 352 g/mol. The summed E-state index contributed by atoms with van der Waals surface area (Å²) in [4.78, 5) is 16.1. The molecule has 6 nitrogen and oxygen atoms in total. The van der Waals surface area contributed by atoms with E-state index in [1.165, 1.54) is 0 Å². The maximum atomic E-state index is 11.6. The van der Waals surface area contributed by atoms with E-state index in [0.29, 0.717) is 35.8 Å². The second-order valence-corrected chi connectivity index (χ2v) is 6.72. The molecule has 28 heavy (non-hydrogen) atoms. The molecule has 1 saturated heterocycles. The van der Waals surface area contributed by atoms with Crippen LogP contribution >= 0.6 is 0 Å². The minimum absolute atomic E-state index is 0.209. The van der Waals surface area contributed by atoms with Gasteiger partial charge in [0.15, 0.2) is 0 Å². The number of aliphatic imine (C=N–C) groups is 1. The van der Waals surface area contributed by atoms with E-state index in [9.17, 15) is 9.90 Å². The minimum Gasteiger partial charge on any atom is -0.507 e. The lowest BCUT2D eigenvalue weighted by Gasteiger charge is -2.26. The molecule has 1 aromatic rings. The third-order valence-electron chi connectivity index (χ3n) is 4.64. The van der Waals surface area contributed by atoms with Gasteiger partial charge in [-0.05, 0) is 67.7 Å². The van der Waals surface area contributed by atoms with Crippen LogP contribution in [0.15, 0.2) is 58.9 Å². The van der Waals surface area contributed by atoms with Gasteiger partial charge in [-0.2, -0.15) is 5.10 Å². The molecule has 148 valence electrons.